The van der Waals surface area contributed by atoms with Crippen LogP contribution in [-0.4, -0.2) is 17.2 Å². The molecule has 1 N–H and O–H groups in total. The molecule has 0 saturated carbocycles. The number of methoxy groups -OCH3 is 1. The third-order valence-corrected chi connectivity index (χ3v) is 3.36. The second-order valence-electron chi connectivity index (χ2n) is 3.74. The van der Waals surface area contributed by atoms with E-state index in [0.717, 1.165) is 15.4 Å². The maximum Gasteiger partial charge on any atom is 0.167 e. The van der Waals surface area contributed by atoms with Crippen molar-refractivity contribution in [1.29, 1.82) is 0 Å². The third-order valence-electron chi connectivity index (χ3n) is 2.48. The number of aryl methyl sites for hydroxylation is 1. The Morgan fingerprint density at radius 3 is 2.83 bits per heavy atom. The maximum absolute atomic E-state index is 9.29. The van der Waals surface area contributed by atoms with Crippen molar-refractivity contribution >= 4 is 11.3 Å². The summed E-state index contributed by atoms with van der Waals surface area (Å²) >= 11 is 1.59. The van der Waals surface area contributed by atoms with Crippen LogP contribution in [-0.2, 0) is 13.2 Å². The Bertz CT molecular complexity index is 502. The zero-order valence-corrected chi connectivity index (χ0v) is 11.2. The van der Waals surface area contributed by atoms with Gasteiger partial charge >= 0.3 is 0 Å². The molecule has 2 rings (SSSR count). The van der Waals surface area contributed by atoms with Gasteiger partial charge in [0.25, 0.3) is 0 Å². The summed E-state index contributed by atoms with van der Waals surface area (Å²) in [5.74, 6) is 1.22. The summed E-state index contributed by atoms with van der Waals surface area (Å²) < 4.78 is 11.0. The number of hydrogen-bond donors (Lipinski definition) is 1. The smallest absolute Gasteiger partial charge is 0.167 e. The summed E-state index contributed by atoms with van der Waals surface area (Å²) in [5, 5.41) is 10.3. The highest BCUT2D eigenvalue weighted by molar-refractivity contribution is 7.11. The lowest BCUT2D eigenvalue weighted by Gasteiger charge is -2.13. The first kappa shape index (κ1) is 12.9. The molecule has 0 bridgehead atoms. The number of aromatic nitrogens is 1. The molecule has 0 fully saturated rings. The highest BCUT2D eigenvalue weighted by Crippen LogP contribution is 2.32. The third kappa shape index (κ3) is 2.80. The summed E-state index contributed by atoms with van der Waals surface area (Å²) in [5.41, 5.74) is 0.718. The van der Waals surface area contributed by atoms with Gasteiger partial charge in [-0.25, -0.2) is 4.98 Å². The minimum absolute atomic E-state index is 0.0751. The lowest BCUT2D eigenvalue weighted by atomic mass is 10.2. The second-order valence-corrected chi connectivity index (χ2v) is 5.06. The molecule has 0 aliphatic carbocycles. The number of benzene rings is 1. The Kier molecular flexibility index (Phi) is 4.17. The highest BCUT2D eigenvalue weighted by Gasteiger charge is 2.10. The van der Waals surface area contributed by atoms with E-state index in [-0.39, 0.29) is 6.61 Å². The van der Waals surface area contributed by atoms with Gasteiger partial charge in [0.05, 0.1) is 23.6 Å². The van der Waals surface area contributed by atoms with Crippen LogP contribution in [0.3, 0.4) is 0 Å². The van der Waals surface area contributed by atoms with Crippen molar-refractivity contribution in [3.05, 3.63) is 39.8 Å². The maximum atomic E-state index is 9.29. The number of nitrogens with zero attached hydrogens (tertiary/aromatic N) is 1. The van der Waals surface area contributed by atoms with Crippen molar-refractivity contribution in [3.8, 4) is 11.5 Å². The molecular weight excluding hydrogens is 250 g/mol. The molecule has 0 atom stereocenters. The molecule has 1 aromatic carbocycles. The van der Waals surface area contributed by atoms with Crippen molar-refractivity contribution in [2.24, 2.45) is 0 Å². The summed E-state index contributed by atoms with van der Waals surface area (Å²) in [6.45, 7) is 2.31. The molecule has 0 aliphatic rings. The number of ether oxygens (including phenoxy) is 2. The Morgan fingerprint density at radius 1 is 1.39 bits per heavy atom. The Morgan fingerprint density at radius 2 is 2.22 bits per heavy atom. The van der Waals surface area contributed by atoms with Gasteiger partial charge in [0.15, 0.2) is 11.5 Å². The standard InChI is InChI=1S/C13H15NO3S/c1-9-14-6-11(18-9)8-17-13-10(7-15)4-3-5-12(13)16-2/h3-6,15H,7-8H2,1-2H3. The van der Waals surface area contributed by atoms with E-state index in [2.05, 4.69) is 4.98 Å². The summed E-state index contributed by atoms with van der Waals surface area (Å²) in [6, 6.07) is 5.45. The fraction of sp³-hybridized carbons (Fsp3) is 0.308. The molecule has 1 aromatic heterocycles. The molecule has 0 saturated heterocycles. The molecule has 96 valence electrons. The SMILES string of the molecule is COc1cccc(CO)c1OCc1cnc(C)s1. The summed E-state index contributed by atoms with van der Waals surface area (Å²) in [4.78, 5) is 5.22. The van der Waals surface area contributed by atoms with Gasteiger partial charge in [-0.2, -0.15) is 0 Å². The average molecular weight is 265 g/mol. The van der Waals surface area contributed by atoms with Gasteiger partial charge in [-0.3, -0.25) is 0 Å². The van der Waals surface area contributed by atoms with Crippen molar-refractivity contribution in [3.63, 3.8) is 0 Å². The molecule has 2 aromatic rings. The van der Waals surface area contributed by atoms with E-state index in [1.165, 1.54) is 0 Å². The highest BCUT2D eigenvalue weighted by atomic mass is 32.1. The second kappa shape index (κ2) is 5.84. The quantitative estimate of drug-likeness (QED) is 0.902. The number of thiazole rings is 1. The largest absolute Gasteiger partial charge is 0.493 e. The first-order valence-corrected chi connectivity index (χ1v) is 6.37. The van der Waals surface area contributed by atoms with Crippen LogP contribution >= 0.6 is 11.3 Å². The summed E-state index contributed by atoms with van der Waals surface area (Å²) in [7, 11) is 1.58. The van der Waals surface area contributed by atoms with E-state index in [9.17, 15) is 5.11 Å². The molecule has 0 spiro atoms. The fourth-order valence-corrected chi connectivity index (χ4v) is 2.33. The number of rotatable bonds is 5. The Labute approximate surface area is 110 Å². The lowest BCUT2D eigenvalue weighted by Crippen LogP contribution is -2.00. The molecule has 5 heteroatoms. The number of para-hydroxylation sites is 1. The van der Waals surface area contributed by atoms with E-state index < -0.39 is 0 Å². The van der Waals surface area contributed by atoms with Crippen LogP contribution in [0.1, 0.15) is 15.4 Å². The van der Waals surface area contributed by atoms with E-state index >= 15 is 0 Å². The van der Waals surface area contributed by atoms with Gasteiger partial charge in [0.1, 0.15) is 6.61 Å². The normalized spacial score (nSPS) is 10.4. The van der Waals surface area contributed by atoms with Crippen molar-refractivity contribution in [2.75, 3.05) is 7.11 Å². The predicted molar refractivity (Wildman–Crippen MR) is 70.1 cm³/mol. The van der Waals surface area contributed by atoms with E-state index in [4.69, 9.17) is 9.47 Å². The van der Waals surface area contributed by atoms with Gasteiger partial charge in [-0.15, -0.1) is 11.3 Å². The zero-order valence-electron chi connectivity index (χ0n) is 10.3. The fourth-order valence-electron chi connectivity index (χ4n) is 1.63. The van der Waals surface area contributed by atoms with Crippen LogP contribution in [0.2, 0.25) is 0 Å². The average Bonchev–Trinajstić information content (AvgIpc) is 2.81. The Hall–Kier alpha value is -1.59. The van der Waals surface area contributed by atoms with E-state index in [1.807, 2.05) is 25.1 Å². The zero-order chi connectivity index (χ0) is 13.0. The number of hydrogen-bond acceptors (Lipinski definition) is 5. The van der Waals surface area contributed by atoms with Gasteiger partial charge < -0.3 is 14.6 Å². The minimum atomic E-state index is -0.0751. The van der Waals surface area contributed by atoms with Crippen molar-refractivity contribution < 1.29 is 14.6 Å². The van der Waals surface area contributed by atoms with Crippen LogP contribution in [0.5, 0.6) is 11.5 Å². The topological polar surface area (TPSA) is 51.6 Å². The monoisotopic (exact) mass is 265 g/mol. The Balaban J connectivity index is 2.17. The first-order valence-electron chi connectivity index (χ1n) is 5.55. The molecule has 1 heterocycles. The van der Waals surface area contributed by atoms with E-state index in [1.54, 1.807) is 24.6 Å². The first-order chi connectivity index (χ1) is 8.74. The van der Waals surface area contributed by atoms with Crippen molar-refractivity contribution in [2.45, 2.75) is 20.1 Å². The van der Waals surface area contributed by atoms with Gasteiger partial charge in [-0.1, -0.05) is 12.1 Å². The van der Waals surface area contributed by atoms with Gasteiger partial charge in [0, 0.05) is 11.8 Å². The lowest BCUT2D eigenvalue weighted by molar-refractivity contribution is 0.251. The van der Waals surface area contributed by atoms with Crippen LogP contribution in [0, 0.1) is 6.92 Å². The van der Waals surface area contributed by atoms with E-state index in [0.29, 0.717) is 18.1 Å². The van der Waals surface area contributed by atoms with Crippen LogP contribution in [0.25, 0.3) is 0 Å². The molecule has 18 heavy (non-hydrogen) atoms. The molecule has 4 nitrogen and oxygen atoms in total. The predicted octanol–water partition coefficient (Wildman–Crippen LogP) is 2.53. The molecular formula is C13H15NO3S. The molecule has 0 amide bonds. The molecule has 0 radical (unpaired) electrons. The summed E-state index contributed by atoms with van der Waals surface area (Å²) in [6.07, 6.45) is 1.80. The van der Waals surface area contributed by atoms with Gasteiger partial charge in [-0.05, 0) is 13.0 Å². The number of aliphatic hydroxyl groups excluding tert-OH is 1. The van der Waals surface area contributed by atoms with Gasteiger partial charge in [0.2, 0.25) is 0 Å². The van der Waals surface area contributed by atoms with Crippen LogP contribution in [0.4, 0.5) is 0 Å². The molecule has 0 aliphatic heterocycles. The minimum Gasteiger partial charge on any atom is -0.493 e. The van der Waals surface area contributed by atoms with Crippen LogP contribution < -0.4 is 9.47 Å². The van der Waals surface area contributed by atoms with Crippen LogP contribution in [0.15, 0.2) is 24.4 Å². The van der Waals surface area contributed by atoms with Crippen molar-refractivity contribution in [1.82, 2.24) is 4.98 Å². The number of aliphatic hydroxyl groups is 1. The molecule has 0 unspecified atom stereocenters.